The molecule has 0 aliphatic rings. The van der Waals surface area contributed by atoms with Crippen LogP contribution in [0.5, 0.6) is 0 Å². The van der Waals surface area contributed by atoms with Crippen molar-refractivity contribution in [3.8, 4) is 5.69 Å². The highest BCUT2D eigenvalue weighted by atomic mass is 15.5. The van der Waals surface area contributed by atoms with E-state index < -0.39 is 0 Å². The molecule has 0 aliphatic carbocycles. The van der Waals surface area contributed by atoms with E-state index in [0.29, 0.717) is 5.82 Å². The Kier molecular flexibility index (Phi) is 3.19. The zero-order valence-electron chi connectivity index (χ0n) is 10.4. The van der Waals surface area contributed by atoms with Crippen molar-refractivity contribution < 1.29 is 0 Å². The lowest BCUT2D eigenvalue weighted by Crippen LogP contribution is -2.15. The molecule has 5 heteroatoms. The second kappa shape index (κ2) is 4.63. The van der Waals surface area contributed by atoms with Gasteiger partial charge in [-0.25, -0.2) is 0 Å². The number of nitrogens with zero attached hydrogens (tertiary/aromatic N) is 4. The van der Waals surface area contributed by atoms with Crippen molar-refractivity contribution >= 4 is 0 Å². The molecule has 90 valence electrons. The average Bonchev–Trinajstić information content (AvgIpc) is 2.77. The van der Waals surface area contributed by atoms with Crippen LogP contribution in [0.3, 0.4) is 0 Å². The SMILES string of the molecule is CCc1cccc(C)c1-n1nnnc1C(C)N. The summed E-state index contributed by atoms with van der Waals surface area (Å²) in [4.78, 5) is 0. The van der Waals surface area contributed by atoms with Gasteiger partial charge in [0.05, 0.1) is 11.7 Å². The molecule has 2 rings (SSSR count). The Morgan fingerprint density at radius 3 is 2.82 bits per heavy atom. The van der Waals surface area contributed by atoms with Crippen LogP contribution in [0.4, 0.5) is 0 Å². The smallest absolute Gasteiger partial charge is 0.173 e. The van der Waals surface area contributed by atoms with Crippen molar-refractivity contribution in [2.45, 2.75) is 33.2 Å². The van der Waals surface area contributed by atoms with Gasteiger partial charge in [-0.05, 0) is 41.8 Å². The van der Waals surface area contributed by atoms with Gasteiger partial charge in [-0.15, -0.1) is 5.10 Å². The van der Waals surface area contributed by atoms with Crippen LogP contribution in [0.25, 0.3) is 5.69 Å². The van der Waals surface area contributed by atoms with Crippen molar-refractivity contribution in [3.05, 3.63) is 35.2 Å². The van der Waals surface area contributed by atoms with E-state index in [0.717, 1.165) is 17.7 Å². The molecule has 2 N–H and O–H groups in total. The summed E-state index contributed by atoms with van der Waals surface area (Å²) in [5, 5.41) is 11.8. The van der Waals surface area contributed by atoms with Gasteiger partial charge in [0.15, 0.2) is 5.82 Å². The van der Waals surface area contributed by atoms with E-state index in [1.54, 1.807) is 4.68 Å². The van der Waals surface area contributed by atoms with Gasteiger partial charge >= 0.3 is 0 Å². The number of benzene rings is 1. The Morgan fingerprint density at radius 2 is 2.18 bits per heavy atom. The zero-order valence-corrected chi connectivity index (χ0v) is 10.4. The molecule has 0 radical (unpaired) electrons. The van der Waals surface area contributed by atoms with Crippen LogP contribution in [0.1, 0.15) is 36.8 Å². The van der Waals surface area contributed by atoms with E-state index in [-0.39, 0.29) is 6.04 Å². The third-order valence-electron chi connectivity index (χ3n) is 2.81. The minimum Gasteiger partial charge on any atom is -0.321 e. The highest BCUT2D eigenvalue weighted by Crippen LogP contribution is 2.21. The number of aryl methyl sites for hydroxylation is 2. The van der Waals surface area contributed by atoms with Gasteiger partial charge in [-0.2, -0.15) is 4.68 Å². The van der Waals surface area contributed by atoms with Gasteiger partial charge in [-0.3, -0.25) is 0 Å². The van der Waals surface area contributed by atoms with Crippen LogP contribution in [0, 0.1) is 6.92 Å². The first-order valence-corrected chi connectivity index (χ1v) is 5.77. The number of nitrogens with two attached hydrogens (primary N) is 1. The Hall–Kier alpha value is -1.75. The summed E-state index contributed by atoms with van der Waals surface area (Å²) < 4.78 is 1.75. The second-order valence-electron chi connectivity index (χ2n) is 4.17. The van der Waals surface area contributed by atoms with Gasteiger partial charge < -0.3 is 5.73 Å². The molecule has 17 heavy (non-hydrogen) atoms. The molecule has 0 aliphatic heterocycles. The normalized spacial score (nSPS) is 12.7. The van der Waals surface area contributed by atoms with Gasteiger partial charge in [0.2, 0.25) is 0 Å². The first-order valence-electron chi connectivity index (χ1n) is 5.77. The number of tetrazole rings is 1. The van der Waals surface area contributed by atoms with E-state index >= 15 is 0 Å². The highest BCUT2D eigenvalue weighted by molar-refractivity contribution is 5.47. The third-order valence-corrected chi connectivity index (χ3v) is 2.81. The Bertz CT molecular complexity index is 515. The van der Waals surface area contributed by atoms with Crippen LogP contribution in [0.15, 0.2) is 18.2 Å². The Balaban J connectivity index is 2.63. The summed E-state index contributed by atoms with van der Waals surface area (Å²) in [7, 11) is 0. The van der Waals surface area contributed by atoms with Gasteiger partial charge in [0, 0.05) is 0 Å². The Labute approximate surface area is 101 Å². The Morgan fingerprint density at radius 1 is 1.41 bits per heavy atom. The fraction of sp³-hybridized carbons (Fsp3) is 0.417. The lowest BCUT2D eigenvalue weighted by molar-refractivity contribution is 0.682. The minimum atomic E-state index is -0.186. The summed E-state index contributed by atoms with van der Waals surface area (Å²) in [5.41, 5.74) is 9.30. The quantitative estimate of drug-likeness (QED) is 0.870. The standard InChI is InChI=1S/C12H17N5/c1-4-10-7-5-6-8(2)11(10)17-12(9(3)13)14-15-16-17/h5-7,9H,4,13H2,1-3H3. The molecule has 1 aromatic carbocycles. The van der Waals surface area contributed by atoms with Crippen molar-refractivity contribution in [3.63, 3.8) is 0 Å². The summed E-state index contributed by atoms with van der Waals surface area (Å²) in [5.74, 6) is 0.689. The number of rotatable bonds is 3. The van der Waals surface area contributed by atoms with Crippen LogP contribution in [-0.2, 0) is 6.42 Å². The average molecular weight is 231 g/mol. The van der Waals surface area contributed by atoms with E-state index in [1.165, 1.54) is 5.56 Å². The molecule has 1 unspecified atom stereocenters. The van der Waals surface area contributed by atoms with Crippen molar-refractivity contribution in [1.82, 2.24) is 20.2 Å². The predicted octanol–water partition coefficient (Wildman–Crippen LogP) is 1.55. The molecule has 1 atom stereocenters. The molecular weight excluding hydrogens is 214 g/mol. The fourth-order valence-electron chi connectivity index (χ4n) is 1.95. The van der Waals surface area contributed by atoms with Gasteiger partial charge in [-0.1, -0.05) is 25.1 Å². The summed E-state index contributed by atoms with van der Waals surface area (Å²) in [6.07, 6.45) is 0.940. The molecule has 2 aromatic rings. The second-order valence-corrected chi connectivity index (χ2v) is 4.17. The lowest BCUT2D eigenvalue weighted by atomic mass is 10.1. The summed E-state index contributed by atoms with van der Waals surface area (Å²) in [6.45, 7) is 6.06. The maximum atomic E-state index is 5.87. The molecule has 0 saturated heterocycles. The monoisotopic (exact) mass is 231 g/mol. The van der Waals surface area contributed by atoms with Gasteiger partial charge in [0.25, 0.3) is 0 Å². The molecule has 0 spiro atoms. The fourth-order valence-corrected chi connectivity index (χ4v) is 1.95. The lowest BCUT2D eigenvalue weighted by Gasteiger charge is -2.13. The van der Waals surface area contributed by atoms with E-state index in [9.17, 15) is 0 Å². The predicted molar refractivity (Wildman–Crippen MR) is 65.9 cm³/mol. The first-order chi connectivity index (χ1) is 8.15. The number of para-hydroxylation sites is 1. The topological polar surface area (TPSA) is 69.6 Å². The maximum Gasteiger partial charge on any atom is 0.173 e. The molecule has 1 aromatic heterocycles. The van der Waals surface area contributed by atoms with E-state index in [4.69, 9.17) is 5.73 Å². The molecule has 0 amide bonds. The first kappa shape index (κ1) is 11.7. The number of hydrogen-bond acceptors (Lipinski definition) is 4. The van der Waals surface area contributed by atoms with Crippen LogP contribution in [-0.4, -0.2) is 20.2 Å². The van der Waals surface area contributed by atoms with Crippen LogP contribution < -0.4 is 5.73 Å². The van der Waals surface area contributed by atoms with E-state index in [1.807, 2.05) is 13.0 Å². The molecule has 0 saturated carbocycles. The molecule has 0 fully saturated rings. The van der Waals surface area contributed by atoms with Crippen molar-refractivity contribution in [2.75, 3.05) is 0 Å². The molecule has 5 nitrogen and oxygen atoms in total. The minimum absolute atomic E-state index is 0.186. The number of hydrogen-bond donors (Lipinski definition) is 1. The molecule has 0 bridgehead atoms. The zero-order chi connectivity index (χ0) is 12.4. The van der Waals surface area contributed by atoms with Crippen LogP contribution in [0.2, 0.25) is 0 Å². The van der Waals surface area contributed by atoms with Crippen LogP contribution >= 0.6 is 0 Å². The highest BCUT2D eigenvalue weighted by Gasteiger charge is 2.15. The van der Waals surface area contributed by atoms with Crippen molar-refractivity contribution in [1.29, 1.82) is 0 Å². The molecule has 1 heterocycles. The number of aromatic nitrogens is 4. The van der Waals surface area contributed by atoms with Crippen molar-refractivity contribution in [2.24, 2.45) is 5.73 Å². The largest absolute Gasteiger partial charge is 0.321 e. The summed E-state index contributed by atoms with van der Waals surface area (Å²) >= 11 is 0. The maximum absolute atomic E-state index is 5.87. The van der Waals surface area contributed by atoms with Gasteiger partial charge in [0.1, 0.15) is 0 Å². The van der Waals surface area contributed by atoms with E-state index in [2.05, 4.69) is 41.5 Å². The summed E-state index contributed by atoms with van der Waals surface area (Å²) in [6, 6.07) is 6.01. The molecular formula is C12H17N5. The third kappa shape index (κ3) is 2.06.